The highest BCUT2D eigenvalue weighted by atomic mass is 16.3. The Bertz CT molecular complexity index is 287. The molecule has 0 aromatic heterocycles. The third-order valence-corrected chi connectivity index (χ3v) is 5.74. The number of hydrogen-bond acceptors (Lipinski definition) is 2. The molecular formula is C18H30O2. The van der Waals surface area contributed by atoms with Crippen molar-refractivity contribution in [3.63, 3.8) is 0 Å². The van der Waals surface area contributed by atoms with E-state index < -0.39 is 0 Å². The van der Waals surface area contributed by atoms with Gasteiger partial charge in [0, 0.05) is 13.0 Å². The van der Waals surface area contributed by atoms with Crippen molar-refractivity contribution in [3.05, 3.63) is 0 Å². The van der Waals surface area contributed by atoms with Crippen molar-refractivity contribution in [1.29, 1.82) is 0 Å². The zero-order chi connectivity index (χ0) is 13.9. The second-order valence-electron chi connectivity index (χ2n) is 7.59. The van der Waals surface area contributed by atoms with Crippen molar-refractivity contribution >= 4 is 6.29 Å². The summed E-state index contributed by atoms with van der Waals surface area (Å²) in [5.41, 5.74) is 0. The predicted molar refractivity (Wildman–Crippen MR) is 80.3 cm³/mol. The molecule has 0 bridgehead atoms. The summed E-state index contributed by atoms with van der Waals surface area (Å²) in [5, 5.41) is 8.79. The lowest BCUT2D eigenvalue weighted by Gasteiger charge is -2.12. The van der Waals surface area contributed by atoms with Crippen LogP contribution < -0.4 is 0 Å². The molecule has 2 nitrogen and oxygen atoms in total. The van der Waals surface area contributed by atoms with E-state index in [4.69, 9.17) is 5.11 Å². The Hall–Kier alpha value is -0.370. The summed E-state index contributed by atoms with van der Waals surface area (Å²) in [5.74, 6) is 5.61. The molecule has 0 aromatic rings. The van der Waals surface area contributed by atoms with Crippen LogP contribution in [0, 0.1) is 35.5 Å². The van der Waals surface area contributed by atoms with E-state index in [2.05, 4.69) is 0 Å². The number of hydrogen-bond donors (Lipinski definition) is 1. The summed E-state index contributed by atoms with van der Waals surface area (Å²) >= 11 is 0. The molecule has 4 fully saturated rings. The van der Waals surface area contributed by atoms with Crippen LogP contribution in [0.1, 0.15) is 64.2 Å². The first-order valence-corrected chi connectivity index (χ1v) is 8.88. The largest absolute Gasteiger partial charge is 0.396 e. The maximum Gasteiger partial charge on any atom is 0.120 e. The second kappa shape index (κ2) is 6.60. The molecule has 114 valence electrons. The number of carbonyl (C=O) groups is 1. The highest BCUT2D eigenvalue weighted by Crippen LogP contribution is 2.51. The quantitative estimate of drug-likeness (QED) is 0.685. The van der Waals surface area contributed by atoms with Gasteiger partial charge in [-0.2, -0.15) is 0 Å². The summed E-state index contributed by atoms with van der Waals surface area (Å²) in [4.78, 5) is 10.3. The fourth-order valence-electron chi connectivity index (χ4n) is 3.98. The molecule has 0 radical (unpaired) electrons. The zero-order valence-electron chi connectivity index (χ0n) is 12.7. The van der Waals surface area contributed by atoms with E-state index in [9.17, 15) is 4.79 Å². The first-order chi connectivity index (χ1) is 9.83. The van der Waals surface area contributed by atoms with Crippen LogP contribution in [0.25, 0.3) is 0 Å². The van der Waals surface area contributed by atoms with Gasteiger partial charge < -0.3 is 9.90 Å². The van der Waals surface area contributed by atoms with Gasteiger partial charge in [0.05, 0.1) is 0 Å². The van der Waals surface area contributed by atoms with Crippen LogP contribution in [0.2, 0.25) is 0 Å². The smallest absolute Gasteiger partial charge is 0.120 e. The van der Waals surface area contributed by atoms with Crippen LogP contribution in [-0.4, -0.2) is 18.0 Å². The molecule has 4 aliphatic rings. The Kier molecular flexibility index (Phi) is 4.80. The SMILES string of the molecule is O=CCC(C1CC1)C1CC1.OCCC(C1CC1)C1CC1. The lowest BCUT2D eigenvalue weighted by Crippen LogP contribution is -2.07. The fraction of sp³-hybridized carbons (Fsp3) is 0.944. The van der Waals surface area contributed by atoms with Crippen molar-refractivity contribution < 1.29 is 9.90 Å². The van der Waals surface area contributed by atoms with Gasteiger partial charge in [-0.3, -0.25) is 0 Å². The van der Waals surface area contributed by atoms with E-state index >= 15 is 0 Å². The molecule has 2 heteroatoms. The minimum atomic E-state index is 0.414. The Morgan fingerprint density at radius 1 is 0.800 bits per heavy atom. The Balaban J connectivity index is 0.000000121. The molecule has 0 heterocycles. The molecule has 0 aromatic carbocycles. The third kappa shape index (κ3) is 4.31. The molecular weight excluding hydrogens is 248 g/mol. The third-order valence-electron chi connectivity index (χ3n) is 5.74. The Morgan fingerprint density at radius 2 is 1.20 bits per heavy atom. The van der Waals surface area contributed by atoms with Gasteiger partial charge in [-0.05, 0) is 93.3 Å². The van der Waals surface area contributed by atoms with Crippen molar-refractivity contribution in [3.8, 4) is 0 Å². The molecule has 0 atom stereocenters. The minimum absolute atomic E-state index is 0.414. The normalized spacial score (nSPS) is 25.6. The first-order valence-electron chi connectivity index (χ1n) is 8.88. The number of carbonyl (C=O) groups excluding carboxylic acids is 1. The standard InChI is InChI=1S/C9H16O.C9H14O/c2*10-6-5-9(7-1-2-7)8-3-4-8/h7-10H,1-6H2;6-9H,1-5H2. The topological polar surface area (TPSA) is 37.3 Å². The van der Waals surface area contributed by atoms with Gasteiger partial charge in [-0.25, -0.2) is 0 Å². The van der Waals surface area contributed by atoms with Gasteiger partial charge in [0.2, 0.25) is 0 Å². The van der Waals surface area contributed by atoms with E-state index in [1.54, 1.807) is 0 Å². The summed E-state index contributed by atoms with van der Waals surface area (Å²) in [6, 6.07) is 0. The summed E-state index contributed by atoms with van der Waals surface area (Å²) < 4.78 is 0. The molecule has 20 heavy (non-hydrogen) atoms. The first kappa shape index (κ1) is 14.6. The van der Waals surface area contributed by atoms with Crippen molar-refractivity contribution in [2.45, 2.75) is 64.2 Å². The Morgan fingerprint density at radius 3 is 1.50 bits per heavy atom. The van der Waals surface area contributed by atoms with Gasteiger partial charge >= 0.3 is 0 Å². The summed E-state index contributed by atoms with van der Waals surface area (Å²) in [6.45, 7) is 0.414. The van der Waals surface area contributed by atoms with Gasteiger partial charge in [-0.15, -0.1) is 0 Å². The minimum Gasteiger partial charge on any atom is -0.396 e. The molecule has 0 unspecified atom stereocenters. The molecule has 0 spiro atoms. The number of aliphatic hydroxyl groups excluding tert-OH is 1. The number of aliphatic hydroxyl groups is 1. The molecule has 4 aliphatic carbocycles. The second-order valence-corrected chi connectivity index (χ2v) is 7.59. The number of aldehydes is 1. The van der Waals surface area contributed by atoms with Crippen LogP contribution in [0.4, 0.5) is 0 Å². The van der Waals surface area contributed by atoms with Crippen LogP contribution >= 0.6 is 0 Å². The maximum absolute atomic E-state index is 10.3. The molecule has 1 N–H and O–H groups in total. The summed E-state index contributed by atoms with van der Waals surface area (Å²) in [7, 11) is 0. The van der Waals surface area contributed by atoms with Gasteiger partial charge in [-0.1, -0.05) is 0 Å². The van der Waals surface area contributed by atoms with Crippen molar-refractivity contribution in [1.82, 2.24) is 0 Å². The number of rotatable bonds is 8. The van der Waals surface area contributed by atoms with Crippen LogP contribution in [0.15, 0.2) is 0 Å². The molecule has 0 aliphatic heterocycles. The zero-order valence-corrected chi connectivity index (χ0v) is 12.7. The van der Waals surface area contributed by atoms with Crippen molar-refractivity contribution in [2.24, 2.45) is 35.5 Å². The lowest BCUT2D eigenvalue weighted by atomic mass is 9.95. The maximum atomic E-state index is 10.3. The van der Waals surface area contributed by atoms with Crippen LogP contribution in [0.3, 0.4) is 0 Å². The van der Waals surface area contributed by atoms with E-state index in [-0.39, 0.29) is 0 Å². The van der Waals surface area contributed by atoms with E-state index in [0.717, 1.165) is 54.6 Å². The summed E-state index contributed by atoms with van der Waals surface area (Å²) in [6.07, 6.45) is 14.4. The van der Waals surface area contributed by atoms with E-state index in [1.807, 2.05) is 0 Å². The molecule has 4 rings (SSSR count). The highest BCUT2D eigenvalue weighted by molar-refractivity contribution is 5.50. The highest BCUT2D eigenvalue weighted by Gasteiger charge is 2.41. The Labute approximate surface area is 123 Å². The van der Waals surface area contributed by atoms with Gasteiger partial charge in [0.25, 0.3) is 0 Å². The van der Waals surface area contributed by atoms with E-state index in [0.29, 0.717) is 6.61 Å². The average Bonchev–Trinajstić information content (AvgIpc) is 3.26. The lowest BCUT2D eigenvalue weighted by molar-refractivity contribution is -0.108. The molecule has 4 saturated carbocycles. The van der Waals surface area contributed by atoms with E-state index in [1.165, 1.54) is 51.4 Å². The van der Waals surface area contributed by atoms with Gasteiger partial charge in [0.15, 0.2) is 0 Å². The van der Waals surface area contributed by atoms with Gasteiger partial charge in [0.1, 0.15) is 6.29 Å². The van der Waals surface area contributed by atoms with Crippen LogP contribution in [0.5, 0.6) is 0 Å². The average molecular weight is 278 g/mol. The van der Waals surface area contributed by atoms with Crippen molar-refractivity contribution in [2.75, 3.05) is 6.61 Å². The molecule has 0 amide bonds. The fourth-order valence-corrected chi connectivity index (χ4v) is 3.98. The molecule has 0 saturated heterocycles. The monoisotopic (exact) mass is 278 g/mol. The van der Waals surface area contributed by atoms with Crippen LogP contribution in [-0.2, 0) is 4.79 Å². The predicted octanol–water partition coefficient (Wildman–Crippen LogP) is 3.82.